The number of carbonyl (C=O) groups excluding carboxylic acids is 1. The Bertz CT molecular complexity index is 1170. The summed E-state index contributed by atoms with van der Waals surface area (Å²) in [6.07, 6.45) is -1.03. The maximum atomic E-state index is 13.2. The standard InChI is InChI=1S/C22H19ClN2O4S/c23-17-10-4-5-11-18(17)24-22(26)21-14-25(19-12-6-7-13-20(19)29-21)30(27,28)15-16-8-2-1-3-9-16/h1-13,21H,14-15H2,(H,24,26)/t21-/m1/s1. The maximum absolute atomic E-state index is 13.2. The number of fused-ring (bicyclic) bond motifs is 1. The maximum Gasteiger partial charge on any atom is 0.267 e. The molecule has 3 aromatic carbocycles. The lowest BCUT2D eigenvalue weighted by Crippen LogP contribution is -2.49. The van der Waals surface area contributed by atoms with E-state index in [1.807, 2.05) is 6.07 Å². The summed E-state index contributed by atoms with van der Waals surface area (Å²) in [5.74, 6) is -0.321. The van der Waals surface area contributed by atoms with Crippen LogP contribution in [0, 0.1) is 0 Å². The predicted molar refractivity (Wildman–Crippen MR) is 117 cm³/mol. The first-order chi connectivity index (χ1) is 14.4. The van der Waals surface area contributed by atoms with Gasteiger partial charge in [0.25, 0.3) is 5.91 Å². The number of anilines is 2. The number of carbonyl (C=O) groups is 1. The van der Waals surface area contributed by atoms with Gasteiger partial charge in [-0.25, -0.2) is 8.42 Å². The van der Waals surface area contributed by atoms with Gasteiger partial charge in [0.2, 0.25) is 10.0 Å². The molecule has 8 heteroatoms. The quantitative estimate of drug-likeness (QED) is 0.646. The van der Waals surface area contributed by atoms with E-state index >= 15 is 0 Å². The molecule has 0 aliphatic carbocycles. The molecule has 1 atom stereocenters. The van der Waals surface area contributed by atoms with Crippen LogP contribution >= 0.6 is 11.6 Å². The number of halogens is 1. The molecule has 6 nitrogen and oxygen atoms in total. The van der Waals surface area contributed by atoms with E-state index in [1.54, 1.807) is 72.8 Å². The highest BCUT2D eigenvalue weighted by Crippen LogP contribution is 2.36. The van der Waals surface area contributed by atoms with Gasteiger partial charge < -0.3 is 10.1 Å². The molecule has 0 spiro atoms. The van der Waals surface area contributed by atoms with Gasteiger partial charge in [-0.15, -0.1) is 0 Å². The van der Waals surface area contributed by atoms with Crippen molar-refractivity contribution >= 4 is 38.9 Å². The van der Waals surface area contributed by atoms with Crippen LogP contribution in [0.15, 0.2) is 78.9 Å². The van der Waals surface area contributed by atoms with Crippen LogP contribution in [0.3, 0.4) is 0 Å². The molecule has 1 aliphatic rings. The summed E-state index contributed by atoms with van der Waals surface area (Å²) in [5.41, 5.74) is 1.51. The normalized spacial score (nSPS) is 15.8. The minimum atomic E-state index is -3.75. The van der Waals surface area contributed by atoms with Crippen LogP contribution in [0.1, 0.15) is 5.56 Å². The summed E-state index contributed by atoms with van der Waals surface area (Å²) >= 11 is 6.12. The van der Waals surface area contributed by atoms with Gasteiger partial charge in [-0.2, -0.15) is 0 Å². The highest BCUT2D eigenvalue weighted by molar-refractivity contribution is 7.92. The fraction of sp³-hybridized carbons (Fsp3) is 0.136. The molecule has 0 saturated heterocycles. The van der Waals surface area contributed by atoms with Crippen molar-refractivity contribution in [2.45, 2.75) is 11.9 Å². The molecule has 0 fully saturated rings. The van der Waals surface area contributed by atoms with E-state index in [0.717, 1.165) is 0 Å². The van der Waals surface area contributed by atoms with Gasteiger partial charge in [0, 0.05) is 0 Å². The predicted octanol–water partition coefficient (Wildman–Crippen LogP) is 4.08. The Morgan fingerprint density at radius 3 is 2.43 bits per heavy atom. The molecule has 0 saturated carbocycles. The Hall–Kier alpha value is -3.03. The Morgan fingerprint density at radius 2 is 1.67 bits per heavy atom. The summed E-state index contributed by atoms with van der Waals surface area (Å²) in [5, 5.41) is 3.10. The Kier molecular flexibility index (Phi) is 5.65. The second-order valence-electron chi connectivity index (χ2n) is 6.82. The zero-order valence-corrected chi connectivity index (χ0v) is 17.4. The van der Waals surface area contributed by atoms with Gasteiger partial charge in [0.05, 0.1) is 28.7 Å². The molecule has 0 radical (unpaired) electrons. The Balaban J connectivity index is 1.62. The zero-order valence-electron chi connectivity index (χ0n) is 15.9. The van der Waals surface area contributed by atoms with Crippen LogP contribution < -0.4 is 14.4 Å². The van der Waals surface area contributed by atoms with E-state index in [9.17, 15) is 13.2 Å². The third-order valence-electron chi connectivity index (χ3n) is 4.69. The topological polar surface area (TPSA) is 75.7 Å². The minimum Gasteiger partial charge on any atom is -0.476 e. The Morgan fingerprint density at radius 1 is 1.00 bits per heavy atom. The third kappa shape index (κ3) is 4.27. The first kappa shape index (κ1) is 20.3. The molecule has 3 aromatic rings. The lowest BCUT2D eigenvalue weighted by Gasteiger charge is -2.34. The lowest BCUT2D eigenvalue weighted by molar-refractivity contribution is -0.122. The second kappa shape index (κ2) is 8.38. The van der Waals surface area contributed by atoms with Gasteiger partial charge in [-0.1, -0.05) is 66.2 Å². The largest absolute Gasteiger partial charge is 0.476 e. The molecule has 1 amide bonds. The number of para-hydroxylation sites is 3. The van der Waals surface area contributed by atoms with Gasteiger partial charge in [0.15, 0.2) is 6.10 Å². The van der Waals surface area contributed by atoms with Crippen molar-refractivity contribution in [3.8, 4) is 5.75 Å². The summed E-state index contributed by atoms with van der Waals surface area (Å²) in [4.78, 5) is 12.8. The van der Waals surface area contributed by atoms with Gasteiger partial charge >= 0.3 is 0 Å². The van der Waals surface area contributed by atoms with Crippen LogP contribution in [0.4, 0.5) is 11.4 Å². The number of benzene rings is 3. The SMILES string of the molecule is O=C(Nc1ccccc1Cl)[C@H]1CN(S(=O)(=O)Cc2ccccc2)c2ccccc2O1. The van der Waals surface area contributed by atoms with E-state index in [-0.39, 0.29) is 12.3 Å². The van der Waals surface area contributed by atoms with Gasteiger partial charge in [0.1, 0.15) is 5.75 Å². The van der Waals surface area contributed by atoms with Crippen molar-refractivity contribution in [1.82, 2.24) is 0 Å². The lowest BCUT2D eigenvalue weighted by atomic mass is 10.2. The number of sulfonamides is 1. The second-order valence-corrected chi connectivity index (χ2v) is 9.12. The number of amides is 1. The van der Waals surface area contributed by atoms with Gasteiger partial charge in [-0.3, -0.25) is 9.10 Å². The summed E-state index contributed by atoms with van der Waals surface area (Å²) in [6, 6.07) is 22.5. The first-order valence-corrected chi connectivity index (χ1v) is 11.3. The molecule has 0 bridgehead atoms. The average Bonchev–Trinajstić information content (AvgIpc) is 2.75. The van der Waals surface area contributed by atoms with Crippen molar-refractivity contribution in [1.29, 1.82) is 0 Å². The zero-order chi connectivity index (χ0) is 21.1. The van der Waals surface area contributed by atoms with Crippen LogP contribution in [0.5, 0.6) is 5.75 Å². The van der Waals surface area contributed by atoms with Crippen molar-refractivity contribution in [3.05, 3.63) is 89.4 Å². The molecule has 154 valence electrons. The molecule has 1 aliphatic heterocycles. The Labute approximate surface area is 180 Å². The van der Waals surface area contributed by atoms with E-state index < -0.39 is 22.0 Å². The van der Waals surface area contributed by atoms with E-state index in [2.05, 4.69) is 5.32 Å². The summed E-state index contributed by atoms with van der Waals surface area (Å²) < 4.78 is 33.5. The fourth-order valence-corrected chi connectivity index (χ4v) is 5.01. The van der Waals surface area contributed by atoms with Crippen LogP contribution in [0.2, 0.25) is 5.02 Å². The molecular formula is C22H19ClN2O4S. The van der Waals surface area contributed by atoms with E-state index in [0.29, 0.717) is 27.7 Å². The van der Waals surface area contributed by atoms with Crippen LogP contribution in [-0.2, 0) is 20.6 Å². The van der Waals surface area contributed by atoms with Crippen LogP contribution in [0.25, 0.3) is 0 Å². The minimum absolute atomic E-state index is 0.136. The number of ether oxygens (including phenoxy) is 1. The first-order valence-electron chi connectivity index (χ1n) is 9.29. The van der Waals surface area contributed by atoms with Crippen molar-refractivity contribution in [2.24, 2.45) is 0 Å². The fourth-order valence-electron chi connectivity index (χ4n) is 3.24. The number of nitrogens with one attached hydrogen (secondary N) is 1. The smallest absolute Gasteiger partial charge is 0.267 e. The number of hydrogen-bond acceptors (Lipinski definition) is 4. The number of nitrogens with zero attached hydrogens (tertiary/aromatic N) is 1. The van der Waals surface area contributed by atoms with Crippen LogP contribution in [-0.4, -0.2) is 27.0 Å². The molecule has 4 rings (SSSR count). The molecule has 0 aromatic heterocycles. The monoisotopic (exact) mass is 442 g/mol. The molecule has 0 unspecified atom stereocenters. The molecular weight excluding hydrogens is 424 g/mol. The molecule has 30 heavy (non-hydrogen) atoms. The van der Waals surface area contributed by atoms with Gasteiger partial charge in [-0.05, 0) is 29.8 Å². The third-order valence-corrected chi connectivity index (χ3v) is 6.73. The molecule has 1 N–H and O–H groups in total. The highest BCUT2D eigenvalue weighted by atomic mass is 35.5. The van der Waals surface area contributed by atoms with Crippen molar-refractivity contribution in [2.75, 3.05) is 16.2 Å². The average molecular weight is 443 g/mol. The summed E-state index contributed by atoms with van der Waals surface area (Å²) in [7, 11) is -3.75. The number of rotatable bonds is 5. The number of hydrogen-bond donors (Lipinski definition) is 1. The summed E-state index contributed by atoms with van der Waals surface area (Å²) in [6.45, 7) is -0.136. The van der Waals surface area contributed by atoms with Crippen molar-refractivity contribution in [3.63, 3.8) is 0 Å². The van der Waals surface area contributed by atoms with E-state index in [1.165, 1.54) is 4.31 Å². The van der Waals surface area contributed by atoms with E-state index in [4.69, 9.17) is 16.3 Å². The van der Waals surface area contributed by atoms with Crippen molar-refractivity contribution < 1.29 is 17.9 Å². The molecule has 1 heterocycles. The highest BCUT2D eigenvalue weighted by Gasteiger charge is 2.36.